The smallest absolute Gasteiger partial charge is 0.217 e. The standard InChI is InChI=1S/C12H12ClN3OS/c1-7-5-11(16(2)15-7)17-10-4-3-8(12(14)18)6-9(10)13/h3-6H,1-2H3,(H2,14,18). The zero-order valence-corrected chi connectivity index (χ0v) is 11.5. The molecule has 2 N–H and O–H groups in total. The normalized spacial score (nSPS) is 10.4. The van der Waals surface area contributed by atoms with Gasteiger partial charge < -0.3 is 10.5 Å². The van der Waals surface area contributed by atoms with Crippen LogP contribution < -0.4 is 10.5 Å². The molecule has 0 aliphatic carbocycles. The molecular formula is C12H12ClN3OS. The van der Waals surface area contributed by atoms with Crippen molar-refractivity contribution in [2.75, 3.05) is 0 Å². The Morgan fingerprint density at radius 1 is 1.44 bits per heavy atom. The number of aromatic nitrogens is 2. The quantitative estimate of drug-likeness (QED) is 0.879. The lowest BCUT2D eigenvalue weighted by atomic mass is 10.2. The van der Waals surface area contributed by atoms with E-state index in [1.54, 1.807) is 29.9 Å². The lowest BCUT2D eigenvalue weighted by Gasteiger charge is -2.08. The molecule has 0 amide bonds. The lowest BCUT2D eigenvalue weighted by molar-refractivity contribution is 0.431. The van der Waals surface area contributed by atoms with E-state index < -0.39 is 0 Å². The highest BCUT2D eigenvalue weighted by molar-refractivity contribution is 7.80. The van der Waals surface area contributed by atoms with Crippen LogP contribution in [0.5, 0.6) is 11.6 Å². The van der Waals surface area contributed by atoms with Gasteiger partial charge in [0.2, 0.25) is 5.88 Å². The van der Waals surface area contributed by atoms with E-state index in [9.17, 15) is 0 Å². The van der Waals surface area contributed by atoms with Gasteiger partial charge in [0.15, 0.2) is 0 Å². The number of benzene rings is 1. The minimum absolute atomic E-state index is 0.305. The summed E-state index contributed by atoms with van der Waals surface area (Å²) in [5.74, 6) is 1.16. The van der Waals surface area contributed by atoms with Crippen LogP contribution in [0, 0.1) is 6.92 Å². The molecule has 2 aromatic rings. The highest BCUT2D eigenvalue weighted by atomic mass is 35.5. The van der Waals surface area contributed by atoms with Crippen molar-refractivity contribution >= 4 is 28.8 Å². The third kappa shape index (κ3) is 2.63. The first-order valence-electron chi connectivity index (χ1n) is 5.25. The second-order valence-electron chi connectivity index (χ2n) is 3.86. The van der Waals surface area contributed by atoms with Gasteiger partial charge in [-0.2, -0.15) is 5.10 Å². The van der Waals surface area contributed by atoms with Crippen molar-refractivity contribution in [3.63, 3.8) is 0 Å². The zero-order valence-electron chi connectivity index (χ0n) is 9.98. The molecular weight excluding hydrogens is 270 g/mol. The fraction of sp³-hybridized carbons (Fsp3) is 0.167. The van der Waals surface area contributed by atoms with E-state index in [4.69, 9.17) is 34.3 Å². The maximum atomic E-state index is 6.11. The van der Waals surface area contributed by atoms with Gasteiger partial charge in [0.25, 0.3) is 0 Å². The molecule has 4 nitrogen and oxygen atoms in total. The topological polar surface area (TPSA) is 53.1 Å². The van der Waals surface area contributed by atoms with E-state index in [0.717, 1.165) is 5.69 Å². The molecule has 94 valence electrons. The highest BCUT2D eigenvalue weighted by Crippen LogP contribution is 2.30. The molecule has 1 heterocycles. The molecule has 0 aliphatic rings. The van der Waals surface area contributed by atoms with Gasteiger partial charge in [-0.1, -0.05) is 23.8 Å². The molecule has 0 bridgehead atoms. The molecule has 0 fully saturated rings. The summed E-state index contributed by atoms with van der Waals surface area (Å²) in [4.78, 5) is 0.305. The molecule has 0 saturated heterocycles. The Bertz CT molecular complexity index is 609. The SMILES string of the molecule is Cc1cc(Oc2ccc(C(N)=S)cc2Cl)n(C)n1. The fourth-order valence-corrected chi connectivity index (χ4v) is 1.88. The molecule has 0 atom stereocenters. The minimum Gasteiger partial charge on any atom is -0.438 e. The van der Waals surface area contributed by atoms with Gasteiger partial charge in [-0.05, 0) is 25.1 Å². The summed E-state index contributed by atoms with van der Waals surface area (Å²) in [5, 5.41) is 4.65. The van der Waals surface area contributed by atoms with Crippen molar-refractivity contribution in [3.05, 3.63) is 40.5 Å². The number of ether oxygens (including phenoxy) is 1. The van der Waals surface area contributed by atoms with Crippen molar-refractivity contribution in [1.29, 1.82) is 0 Å². The lowest BCUT2D eigenvalue weighted by Crippen LogP contribution is -2.09. The van der Waals surface area contributed by atoms with Crippen LogP contribution in [-0.4, -0.2) is 14.8 Å². The van der Waals surface area contributed by atoms with Crippen molar-refractivity contribution in [2.24, 2.45) is 12.8 Å². The minimum atomic E-state index is 0.305. The van der Waals surface area contributed by atoms with E-state index in [1.807, 2.05) is 13.0 Å². The third-order valence-electron chi connectivity index (χ3n) is 2.39. The molecule has 1 aromatic carbocycles. The molecule has 1 aromatic heterocycles. The molecule has 0 saturated carbocycles. The van der Waals surface area contributed by atoms with Gasteiger partial charge in [-0.3, -0.25) is 0 Å². The Hall–Kier alpha value is -1.59. The first-order chi connectivity index (χ1) is 8.47. The van der Waals surface area contributed by atoms with Crippen molar-refractivity contribution in [2.45, 2.75) is 6.92 Å². The number of rotatable bonds is 3. The van der Waals surface area contributed by atoms with Crippen LogP contribution in [0.15, 0.2) is 24.3 Å². The summed E-state index contributed by atoms with van der Waals surface area (Å²) in [6, 6.07) is 7.02. The van der Waals surface area contributed by atoms with Gasteiger partial charge in [0.05, 0.1) is 10.7 Å². The first kappa shape index (κ1) is 12.9. The van der Waals surface area contributed by atoms with E-state index in [1.165, 1.54) is 0 Å². The number of aryl methyl sites for hydroxylation is 2. The average molecular weight is 282 g/mol. The highest BCUT2D eigenvalue weighted by Gasteiger charge is 2.09. The van der Waals surface area contributed by atoms with E-state index in [2.05, 4.69) is 5.10 Å². The monoisotopic (exact) mass is 281 g/mol. The van der Waals surface area contributed by atoms with E-state index in [0.29, 0.717) is 27.2 Å². The van der Waals surface area contributed by atoms with Gasteiger partial charge in [0.1, 0.15) is 10.7 Å². The van der Waals surface area contributed by atoms with Crippen molar-refractivity contribution in [1.82, 2.24) is 9.78 Å². The average Bonchev–Trinajstić information content (AvgIpc) is 2.60. The zero-order chi connectivity index (χ0) is 13.3. The molecule has 0 aliphatic heterocycles. The summed E-state index contributed by atoms with van der Waals surface area (Å²) in [5.41, 5.74) is 7.12. The summed E-state index contributed by atoms with van der Waals surface area (Å²) in [6.07, 6.45) is 0. The van der Waals surface area contributed by atoms with E-state index >= 15 is 0 Å². The Morgan fingerprint density at radius 3 is 2.67 bits per heavy atom. The molecule has 0 unspecified atom stereocenters. The van der Waals surface area contributed by atoms with Gasteiger partial charge in [-0.15, -0.1) is 0 Å². The number of nitrogens with zero attached hydrogens (tertiary/aromatic N) is 2. The maximum absolute atomic E-state index is 6.11. The van der Waals surface area contributed by atoms with Crippen molar-refractivity contribution < 1.29 is 4.74 Å². The summed E-state index contributed by atoms with van der Waals surface area (Å²) in [7, 11) is 1.81. The predicted molar refractivity (Wildman–Crippen MR) is 75.4 cm³/mol. The summed E-state index contributed by atoms with van der Waals surface area (Å²) < 4.78 is 7.33. The van der Waals surface area contributed by atoms with Crippen LogP contribution in [-0.2, 0) is 7.05 Å². The van der Waals surface area contributed by atoms with Gasteiger partial charge in [0, 0.05) is 18.7 Å². The molecule has 2 rings (SSSR count). The predicted octanol–water partition coefficient (Wildman–Crippen LogP) is 2.81. The maximum Gasteiger partial charge on any atom is 0.217 e. The molecule has 0 spiro atoms. The summed E-state index contributed by atoms with van der Waals surface area (Å²) in [6.45, 7) is 1.89. The first-order valence-corrected chi connectivity index (χ1v) is 6.04. The molecule has 0 radical (unpaired) electrons. The second-order valence-corrected chi connectivity index (χ2v) is 4.71. The van der Waals surface area contributed by atoms with Crippen LogP contribution in [0.4, 0.5) is 0 Å². The van der Waals surface area contributed by atoms with E-state index in [-0.39, 0.29) is 0 Å². The Labute approximate surface area is 115 Å². The number of halogens is 1. The van der Waals surface area contributed by atoms with Crippen LogP contribution in [0.2, 0.25) is 5.02 Å². The third-order valence-corrected chi connectivity index (χ3v) is 2.92. The van der Waals surface area contributed by atoms with Crippen LogP contribution >= 0.6 is 23.8 Å². The Kier molecular flexibility index (Phi) is 3.54. The van der Waals surface area contributed by atoms with Crippen LogP contribution in [0.25, 0.3) is 0 Å². The largest absolute Gasteiger partial charge is 0.438 e. The van der Waals surface area contributed by atoms with Crippen LogP contribution in [0.1, 0.15) is 11.3 Å². The Morgan fingerprint density at radius 2 is 2.17 bits per heavy atom. The fourth-order valence-electron chi connectivity index (χ4n) is 1.53. The van der Waals surface area contributed by atoms with Gasteiger partial charge in [-0.25, -0.2) is 4.68 Å². The number of thiocarbonyl (C=S) groups is 1. The molecule has 18 heavy (non-hydrogen) atoms. The van der Waals surface area contributed by atoms with Crippen molar-refractivity contribution in [3.8, 4) is 11.6 Å². The van der Waals surface area contributed by atoms with Crippen LogP contribution in [0.3, 0.4) is 0 Å². The molecule has 6 heteroatoms. The number of hydrogen-bond donors (Lipinski definition) is 1. The second kappa shape index (κ2) is 4.96. The Balaban J connectivity index is 2.30. The van der Waals surface area contributed by atoms with Gasteiger partial charge >= 0.3 is 0 Å². The summed E-state index contributed by atoms with van der Waals surface area (Å²) >= 11 is 11.0. The number of hydrogen-bond acceptors (Lipinski definition) is 3. The number of nitrogens with two attached hydrogens (primary N) is 1.